The number of benzene rings is 9. The van der Waals surface area contributed by atoms with Crippen molar-refractivity contribution in [1.29, 1.82) is 0 Å². The summed E-state index contributed by atoms with van der Waals surface area (Å²) in [6.45, 7) is 7.06. The molecule has 4 heterocycles. The Morgan fingerprint density at radius 1 is 0.429 bits per heavy atom. The van der Waals surface area contributed by atoms with E-state index < -0.39 is 13.5 Å². The van der Waals surface area contributed by atoms with Gasteiger partial charge in [-0.05, 0) is 99.8 Å². The van der Waals surface area contributed by atoms with Crippen molar-refractivity contribution in [3.8, 4) is 22.3 Å². The van der Waals surface area contributed by atoms with Gasteiger partial charge >= 0.3 is 6.85 Å². The van der Waals surface area contributed by atoms with E-state index in [1.807, 2.05) is 0 Å². The van der Waals surface area contributed by atoms with Gasteiger partial charge in [-0.25, -0.2) is 0 Å². The van der Waals surface area contributed by atoms with Crippen LogP contribution in [0.1, 0.15) is 48.6 Å². The molecular formula is C59H43BN2Si. The lowest BCUT2D eigenvalue weighted by atomic mass is 9.42. The number of hydrogen-bond donors (Lipinski definition) is 0. The summed E-state index contributed by atoms with van der Waals surface area (Å²) in [5.74, 6) is 0. The first-order valence-corrected chi connectivity index (χ1v) is 24.5. The van der Waals surface area contributed by atoms with E-state index in [1.54, 1.807) is 0 Å². The Balaban J connectivity index is 1.16. The number of nitrogens with zero attached hydrogens (tertiary/aromatic N) is 2. The van der Waals surface area contributed by atoms with Crippen LogP contribution in [0.2, 0.25) is 0 Å². The first kappa shape index (κ1) is 35.5. The summed E-state index contributed by atoms with van der Waals surface area (Å²) in [5, 5.41) is 5.72. The van der Waals surface area contributed by atoms with Gasteiger partial charge in [0, 0.05) is 28.3 Å². The number of fused-ring (bicyclic) bond motifs is 15. The highest BCUT2D eigenvalue weighted by Crippen LogP contribution is 2.64. The Labute approximate surface area is 370 Å². The lowest BCUT2D eigenvalue weighted by Gasteiger charge is -2.54. The fraction of sp³-hybridized carbons (Fsp3) is 0.0847. The molecule has 63 heavy (non-hydrogen) atoms. The predicted octanol–water partition coefficient (Wildman–Crippen LogP) is 10.1. The maximum atomic E-state index is 2.79. The summed E-state index contributed by atoms with van der Waals surface area (Å²) >= 11 is 0. The molecule has 296 valence electrons. The molecule has 0 aromatic heterocycles. The third kappa shape index (κ3) is 4.21. The highest BCUT2D eigenvalue weighted by Gasteiger charge is 2.58. The quantitative estimate of drug-likeness (QED) is 0.160. The Morgan fingerprint density at radius 3 is 1.65 bits per heavy atom. The Morgan fingerprint density at radius 2 is 0.968 bits per heavy atom. The summed E-state index contributed by atoms with van der Waals surface area (Å²) < 4.78 is 0. The van der Waals surface area contributed by atoms with Crippen LogP contribution in [0.3, 0.4) is 0 Å². The van der Waals surface area contributed by atoms with Gasteiger partial charge in [0.15, 0.2) is 8.07 Å². The van der Waals surface area contributed by atoms with Crippen LogP contribution in [0, 0.1) is 0 Å². The summed E-state index contributed by atoms with van der Waals surface area (Å²) in [4.78, 5) is 5.47. The molecular weight excluding hydrogens is 776 g/mol. The zero-order valence-corrected chi connectivity index (χ0v) is 36.6. The van der Waals surface area contributed by atoms with Crippen molar-refractivity contribution in [3.63, 3.8) is 0 Å². The van der Waals surface area contributed by atoms with Gasteiger partial charge in [-0.3, -0.25) is 0 Å². The third-order valence-corrected chi connectivity index (χ3v) is 20.1. The number of hydrogen-bond acceptors (Lipinski definition) is 2. The normalized spacial score (nSPS) is 15.7. The van der Waals surface area contributed by atoms with Crippen LogP contribution in [-0.2, 0) is 10.8 Å². The largest absolute Gasteiger partial charge is 0.376 e. The maximum absolute atomic E-state index is 2.86. The van der Waals surface area contributed by atoms with Crippen LogP contribution in [0.5, 0.6) is 0 Å². The van der Waals surface area contributed by atoms with E-state index in [2.05, 4.69) is 237 Å². The molecule has 0 N–H and O–H groups in total. The second-order valence-corrected chi connectivity index (χ2v) is 22.8. The van der Waals surface area contributed by atoms with Crippen LogP contribution in [0.15, 0.2) is 206 Å². The fourth-order valence-electron chi connectivity index (χ4n) is 12.9. The second kappa shape index (κ2) is 12.3. The van der Waals surface area contributed by atoms with Crippen molar-refractivity contribution in [2.45, 2.75) is 31.6 Å². The van der Waals surface area contributed by atoms with Crippen LogP contribution >= 0.6 is 0 Å². The first-order valence-electron chi connectivity index (χ1n) is 22.5. The minimum absolute atomic E-state index is 0.0715. The van der Waals surface area contributed by atoms with Crippen molar-refractivity contribution in [2.24, 2.45) is 0 Å². The van der Waals surface area contributed by atoms with Crippen molar-refractivity contribution in [2.75, 3.05) is 9.71 Å². The summed E-state index contributed by atoms with van der Waals surface area (Å²) in [5.41, 5.74) is 20.8. The van der Waals surface area contributed by atoms with E-state index in [9.17, 15) is 0 Å². The zero-order chi connectivity index (χ0) is 41.8. The first-order chi connectivity index (χ1) is 30.9. The molecule has 4 aliphatic heterocycles. The molecule has 0 fully saturated rings. The van der Waals surface area contributed by atoms with Crippen molar-refractivity contribution in [1.82, 2.24) is 0 Å². The number of anilines is 5. The molecule has 0 bridgehead atoms. The Kier molecular flexibility index (Phi) is 6.91. The zero-order valence-electron chi connectivity index (χ0n) is 35.6. The lowest BCUT2D eigenvalue weighted by molar-refractivity contribution is 0.590. The molecule has 0 atom stereocenters. The second-order valence-electron chi connectivity index (χ2n) is 19.1. The molecule has 0 radical (unpaired) electrons. The van der Waals surface area contributed by atoms with Gasteiger partial charge in [-0.2, -0.15) is 0 Å². The van der Waals surface area contributed by atoms with Crippen LogP contribution in [0.4, 0.5) is 28.4 Å². The molecule has 14 rings (SSSR count). The van der Waals surface area contributed by atoms with Gasteiger partial charge in [0.05, 0.1) is 11.1 Å². The molecule has 9 aromatic carbocycles. The lowest BCUT2D eigenvalue weighted by Crippen LogP contribution is -2.79. The van der Waals surface area contributed by atoms with Crippen LogP contribution in [-0.4, -0.2) is 14.9 Å². The predicted molar refractivity (Wildman–Crippen MR) is 267 cm³/mol. The number of rotatable bonds is 2. The van der Waals surface area contributed by atoms with Gasteiger partial charge in [0.1, 0.15) is 0 Å². The Hall–Kier alpha value is -7.14. The van der Waals surface area contributed by atoms with Crippen LogP contribution < -0.4 is 41.4 Å². The van der Waals surface area contributed by atoms with E-state index >= 15 is 0 Å². The minimum atomic E-state index is -2.86. The maximum Gasteiger partial charge on any atom is 0.333 e. The van der Waals surface area contributed by atoms with Gasteiger partial charge in [-0.15, -0.1) is 0 Å². The Bertz CT molecular complexity index is 3340. The topological polar surface area (TPSA) is 6.48 Å². The van der Waals surface area contributed by atoms with Gasteiger partial charge < -0.3 is 9.71 Å². The average molecular weight is 819 g/mol. The standard InChI is InChI=1S/C59H43BN2Si/c1-58(2,3)38-36-44-43-26-18-35-54-56(43)62(51-33-16-17-34-53(51)63(54,39-20-6-4-7-21-39)40-22-8-5-9-23-40)60-49-31-19-30-48-57(49)61(52(37-38)55(44)60)50-32-15-14-29-47(50)59(48)45-27-12-10-24-41(45)42-25-11-13-28-46(42)59/h4-37H,1-3H3. The molecule has 4 heteroatoms. The highest BCUT2D eigenvalue weighted by molar-refractivity contribution is 7.22. The van der Waals surface area contributed by atoms with Crippen molar-refractivity contribution >= 4 is 75.0 Å². The van der Waals surface area contributed by atoms with Gasteiger partial charge in [-0.1, -0.05) is 209 Å². The minimum Gasteiger partial charge on any atom is -0.376 e. The summed E-state index contributed by atoms with van der Waals surface area (Å²) in [6.07, 6.45) is 0. The van der Waals surface area contributed by atoms with E-state index in [4.69, 9.17) is 0 Å². The smallest absolute Gasteiger partial charge is 0.333 e. The monoisotopic (exact) mass is 818 g/mol. The molecule has 1 aliphatic carbocycles. The van der Waals surface area contributed by atoms with Crippen LogP contribution in [0.25, 0.3) is 22.3 Å². The molecule has 0 saturated carbocycles. The molecule has 1 spiro atoms. The van der Waals surface area contributed by atoms with E-state index in [0.717, 1.165) is 0 Å². The summed E-state index contributed by atoms with van der Waals surface area (Å²) in [6, 6.07) is 79.7. The summed E-state index contributed by atoms with van der Waals surface area (Å²) in [7, 11) is -2.86. The molecule has 0 unspecified atom stereocenters. The van der Waals surface area contributed by atoms with E-state index in [1.165, 1.54) is 110 Å². The van der Waals surface area contributed by atoms with Crippen molar-refractivity contribution in [3.05, 3.63) is 234 Å². The third-order valence-electron chi connectivity index (χ3n) is 15.2. The molecule has 9 aromatic rings. The molecule has 0 saturated heterocycles. The average Bonchev–Trinajstić information content (AvgIpc) is 3.62. The SMILES string of the molecule is CC(C)(C)c1cc2c3c(c1)N1c4ccccc4C4(c5ccccc5-c5ccccc54)c4cccc(c41)B3N1c3ccccc3[Si](c3ccccc3)(c3ccccc3)c3cccc-2c31. The molecule has 0 amide bonds. The fourth-order valence-corrected chi connectivity index (χ4v) is 18.0. The number of para-hydroxylation sites is 4. The molecule has 2 nitrogen and oxygen atoms in total. The van der Waals surface area contributed by atoms with Crippen molar-refractivity contribution < 1.29 is 0 Å². The highest BCUT2D eigenvalue weighted by atomic mass is 28.3. The van der Waals surface area contributed by atoms with Gasteiger partial charge in [0.2, 0.25) is 0 Å². The van der Waals surface area contributed by atoms with E-state index in [-0.39, 0.29) is 12.3 Å². The molecule has 5 aliphatic rings. The van der Waals surface area contributed by atoms with E-state index in [0.29, 0.717) is 0 Å². The van der Waals surface area contributed by atoms with Gasteiger partial charge in [0.25, 0.3) is 0 Å².